The molecule has 2 aromatic rings. The highest BCUT2D eigenvalue weighted by Crippen LogP contribution is 2.27. The smallest absolute Gasteiger partial charge is 0.261 e. The first kappa shape index (κ1) is 24.2. The molecule has 0 bridgehead atoms. The van der Waals surface area contributed by atoms with E-state index in [4.69, 9.17) is 16.3 Å². The molecular weight excluding hydrogens is 468 g/mol. The van der Waals surface area contributed by atoms with Gasteiger partial charge in [0, 0.05) is 17.6 Å². The number of hydrogen-bond acceptors (Lipinski definition) is 3. The molecule has 2 rings (SSSR count). The molecule has 7 heteroatoms. The summed E-state index contributed by atoms with van der Waals surface area (Å²) in [5, 5.41) is 3.32. The molecule has 0 aliphatic rings. The second-order valence-corrected chi connectivity index (χ2v) is 8.22. The summed E-state index contributed by atoms with van der Waals surface area (Å²) in [5.41, 5.74) is 1.11. The number of carbonyl (C=O) groups is 2. The second-order valence-electron chi connectivity index (χ2n) is 6.90. The van der Waals surface area contributed by atoms with Crippen LogP contribution in [0, 0.1) is 0 Å². The van der Waals surface area contributed by atoms with Gasteiger partial charge in [-0.05, 0) is 43.0 Å². The predicted molar refractivity (Wildman–Crippen MR) is 124 cm³/mol. The molecule has 2 aromatic carbocycles. The minimum atomic E-state index is -0.545. The first-order chi connectivity index (χ1) is 14.5. The van der Waals surface area contributed by atoms with Crippen molar-refractivity contribution in [1.82, 2.24) is 10.2 Å². The third-order valence-corrected chi connectivity index (χ3v) is 5.45. The maximum atomic E-state index is 13.1. The number of nitrogens with zero attached hydrogens (tertiary/aromatic N) is 1. The van der Waals surface area contributed by atoms with Gasteiger partial charge < -0.3 is 15.0 Å². The Morgan fingerprint density at radius 2 is 1.90 bits per heavy atom. The van der Waals surface area contributed by atoms with Gasteiger partial charge in [-0.25, -0.2) is 0 Å². The third-order valence-electron chi connectivity index (χ3n) is 4.66. The molecule has 2 amide bonds. The first-order valence-corrected chi connectivity index (χ1v) is 11.3. The van der Waals surface area contributed by atoms with Crippen molar-refractivity contribution in [2.24, 2.45) is 0 Å². The van der Waals surface area contributed by atoms with Gasteiger partial charge in [-0.2, -0.15) is 0 Å². The lowest BCUT2D eigenvalue weighted by molar-refractivity contribution is -0.142. The van der Waals surface area contributed by atoms with Crippen molar-refractivity contribution in [2.45, 2.75) is 39.2 Å². The quantitative estimate of drug-likeness (QED) is 0.484. The molecule has 0 spiro atoms. The summed E-state index contributed by atoms with van der Waals surface area (Å²) in [6.45, 7) is 4.73. The lowest BCUT2D eigenvalue weighted by Crippen LogP contribution is -2.51. The zero-order valence-electron chi connectivity index (χ0n) is 17.4. The minimum absolute atomic E-state index is 0.137. The Kier molecular flexibility index (Phi) is 10.2. The molecule has 0 saturated heterocycles. The van der Waals surface area contributed by atoms with E-state index >= 15 is 0 Å². The van der Waals surface area contributed by atoms with E-state index in [0.29, 0.717) is 36.7 Å². The van der Waals surface area contributed by atoms with Crippen molar-refractivity contribution >= 4 is 39.3 Å². The zero-order valence-corrected chi connectivity index (χ0v) is 19.7. The summed E-state index contributed by atoms with van der Waals surface area (Å²) >= 11 is 9.53. The zero-order chi connectivity index (χ0) is 21.9. The highest BCUT2D eigenvalue weighted by molar-refractivity contribution is 9.10. The number of halogens is 2. The van der Waals surface area contributed by atoms with Crippen LogP contribution >= 0.6 is 27.5 Å². The van der Waals surface area contributed by atoms with Gasteiger partial charge in [0.15, 0.2) is 6.61 Å². The van der Waals surface area contributed by atoms with Gasteiger partial charge in [0.05, 0.1) is 5.02 Å². The normalized spacial score (nSPS) is 11.6. The van der Waals surface area contributed by atoms with Crippen molar-refractivity contribution in [1.29, 1.82) is 0 Å². The first-order valence-electron chi connectivity index (χ1n) is 10.1. The van der Waals surface area contributed by atoms with E-state index in [1.165, 1.54) is 0 Å². The van der Waals surface area contributed by atoms with E-state index in [-0.39, 0.29) is 18.4 Å². The number of carbonyl (C=O) groups excluding carboxylic acids is 2. The lowest BCUT2D eigenvalue weighted by Gasteiger charge is -2.30. The van der Waals surface area contributed by atoms with Crippen LogP contribution < -0.4 is 10.1 Å². The molecule has 0 heterocycles. The summed E-state index contributed by atoms with van der Waals surface area (Å²) < 4.78 is 6.49. The highest BCUT2D eigenvalue weighted by atomic mass is 79.9. The number of hydrogen-bond donors (Lipinski definition) is 1. The number of amides is 2. The number of nitrogens with one attached hydrogen (secondary N) is 1. The maximum Gasteiger partial charge on any atom is 0.261 e. The Morgan fingerprint density at radius 3 is 2.53 bits per heavy atom. The minimum Gasteiger partial charge on any atom is -0.482 e. The predicted octanol–water partition coefficient (Wildman–Crippen LogP) is 4.86. The standard InChI is InChI=1S/C23H28BrClN2O3/c1-3-13-26-23(29)20(4-2)27(14-12-17-8-6-5-7-9-17)22(28)16-30-21-11-10-18(24)15-19(21)25/h5-11,15,20H,3-4,12-14,16H2,1-2H3,(H,26,29). The van der Waals surface area contributed by atoms with Crippen LogP contribution in [-0.4, -0.2) is 42.5 Å². The second kappa shape index (κ2) is 12.6. The Morgan fingerprint density at radius 1 is 1.17 bits per heavy atom. The molecule has 0 aliphatic heterocycles. The van der Waals surface area contributed by atoms with Crippen LogP contribution in [0.5, 0.6) is 5.75 Å². The maximum absolute atomic E-state index is 13.1. The Hall–Kier alpha value is -2.05. The molecule has 0 radical (unpaired) electrons. The van der Waals surface area contributed by atoms with Crippen LogP contribution in [0.15, 0.2) is 53.0 Å². The summed E-state index contributed by atoms with van der Waals surface area (Å²) in [6, 6.07) is 14.6. The van der Waals surface area contributed by atoms with Crippen molar-refractivity contribution in [2.75, 3.05) is 19.7 Å². The van der Waals surface area contributed by atoms with Crippen LogP contribution in [0.4, 0.5) is 0 Å². The van der Waals surface area contributed by atoms with E-state index in [9.17, 15) is 9.59 Å². The van der Waals surface area contributed by atoms with Gasteiger partial charge in [0.25, 0.3) is 5.91 Å². The topological polar surface area (TPSA) is 58.6 Å². The van der Waals surface area contributed by atoms with Crippen molar-refractivity contribution in [3.63, 3.8) is 0 Å². The van der Waals surface area contributed by atoms with E-state index in [1.54, 1.807) is 23.1 Å². The van der Waals surface area contributed by atoms with Gasteiger partial charge in [-0.15, -0.1) is 0 Å². The summed E-state index contributed by atoms with van der Waals surface area (Å²) in [6.07, 6.45) is 2.02. The van der Waals surface area contributed by atoms with E-state index in [0.717, 1.165) is 16.5 Å². The fraction of sp³-hybridized carbons (Fsp3) is 0.391. The average molecular weight is 496 g/mol. The van der Waals surface area contributed by atoms with Crippen LogP contribution in [0.25, 0.3) is 0 Å². The number of rotatable bonds is 11. The Bertz CT molecular complexity index is 832. The molecule has 0 aromatic heterocycles. The third kappa shape index (κ3) is 7.33. The highest BCUT2D eigenvalue weighted by Gasteiger charge is 2.28. The van der Waals surface area contributed by atoms with Crippen molar-refractivity contribution < 1.29 is 14.3 Å². The molecular formula is C23H28BrClN2O3. The van der Waals surface area contributed by atoms with Gasteiger partial charge in [0.2, 0.25) is 5.91 Å². The Balaban J connectivity index is 2.12. The summed E-state index contributed by atoms with van der Waals surface area (Å²) in [5.74, 6) is 0.0468. The monoisotopic (exact) mass is 494 g/mol. The van der Waals surface area contributed by atoms with E-state index in [2.05, 4.69) is 21.2 Å². The van der Waals surface area contributed by atoms with E-state index in [1.807, 2.05) is 44.2 Å². The molecule has 0 saturated carbocycles. The molecule has 30 heavy (non-hydrogen) atoms. The lowest BCUT2D eigenvalue weighted by atomic mass is 10.1. The van der Waals surface area contributed by atoms with Gasteiger partial charge >= 0.3 is 0 Å². The van der Waals surface area contributed by atoms with Gasteiger partial charge in [-0.3, -0.25) is 9.59 Å². The molecule has 0 aliphatic carbocycles. The number of benzene rings is 2. The summed E-state index contributed by atoms with van der Waals surface area (Å²) in [4.78, 5) is 27.4. The molecule has 1 unspecified atom stereocenters. The molecule has 1 atom stereocenters. The molecule has 1 N–H and O–H groups in total. The fourth-order valence-corrected chi connectivity index (χ4v) is 3.80. The molecule has 5 nitrogen and oxygen atoms in total. The van der Waals surface area contributed by atoms with Crippen LogP contribution in [0.1, 0.15) is 32.3 Å². The average Bonchev–Trinajstić information content (AvgIpc) is 2.74. The molecule has 162 valence electrons. The fourth-order valence-electron chi connectivity index (χ4n) is 3.08. The van der Waals surface area contributed by atoms with E-state index < -0.39 is 6.04 Å². The Labute approximate surface area is 191 Å². The molecule has 0 fully saturated rings. The van der Waals surface area contributed by atoms with Gasteiger partial charge in [0.1, 0.15) is 11.8 Å². The van der Waals surface area contributed by atoms with Crippen LogP contribution in [-0.2, 0) is 16.0 Å². The van der Waals surface area contributed by atoms with Crippen molar-refractivity contribution in [3.8, 4) is 5.75 Å². The van der Waals surface area contributed by atoms with Crippen molar-refractivity contribution in [3.05, 3.63) is 63.6 Å². The van der Waals surface area contributed by atoms with Gasteiger partial charge in [-0.1, -0.05) is 71.7 Å². The SMILES string of the molecule is CCCNC(=O)C(CC)N(CCc1ccccc1)C(=O)COc1ccc(Br)cc1Cl. The number of ether oxygens (including phenoxy) is 1. The summed E-state index contributed by atoms with van der Waals surface area (Å²) in [7, 11) is 0. The van der Waals surface area contributed by atoms with Crippen LogP contribution in [0.3, 0.4) is 0 Å². The van der Waals surface area contributed by atoms with Crippen LogP contribution in [0.2, 0.25) is 5.02 Å². The largest absolute Gasteiger partial charge is 0.482 e.